The van der Waals surface area contributed by atoms with Crippen LogP contribution in [0.15, 0.2) is 12.1 Å². The molecule has 0 aliphatic heterocycles. The van der Waals surface area contributed by atoms with Gasteiger partial charge in [0, 0.05) is 22.2 Å². The molecule has 0 bridgehead atoms. The summed E-state index contributed by atoms with van der Waals surface area (Å²) in [5.41, 5.74) is 11.9. The van der Waals surface area contributed by atoms with Gasteiger partial charge < -0.3 is 11.5 Å². The maximum absolute atomic E-state index is 11.4. The van der Waals surface area contributed by atoms with Crippen LogP contribution < -0.4 is 11.5 Å². The van der Waals surface area contributed by atoms with E-state index in [1.165, 1.54) is 29.0 Å². The number of nitrogens with two attached hydrogens (primary N) is 2. The quantitative estimate of drug-likeness (QED) is 0.842. The molecule has 1 aliphatic carbocycles. The third-order valence-electron chi connectivity index (χ3n) is 4.51. The minimum atomic E-state index is -0.181. The first-order valence-corrected chi connectivity index (χ1v) is 8.49. The number of primary amides is 1. The van der Waals surface area contributed by atoms with E-state index in [-0.39, 0.29) is 17.4 Å². The van der Waals surface area contributed by atoms with Crippen LogP contribution in [0.2, 0.25) is 0 Å². The maximum Gasteiger partial charge on any atom is 0.217 e. The molecule has 2 rings (SSSR count). The largest absolute Gasteiger partial charge is 0.370 e. The van der Waals surface area contributed by atoms with Crippen LogP contribution in [-0.2, 0) is 11.2 Å². The van der Waals surface area contributed by atoms with Crippen molar-refractivity contribution < 1.29 is 4.79 Å². The first-order valence-electron chi connectivity index (χ1n) is 7.67. The molecule has 1 amide bonds. The number of thiophene rings is 1. The average molecular weight is 294 g/mol. The lowest BCUT2D eigenvalue weighted by Gasteiger charge is -2.38. The Morgan fingerprint density at radius 3 is 2.60 bits per heavy atom. The third kappa shape index (κ3) is 3.83. The number of carbonyl (C=O) groups excluding carboxylic acids is 1. The summed E-state index contributed by atoms with van der Waals surface area (Å²) in [6, 6.07) is 4.36. The minimum absolute atomic E-state index is 0.0396. The number of amides is 1. The van der Waals surface area contributed by atoms with E-state index in [1.54, 1.807) is 11.3 Å². The van der Waals surface area contributed by atoms with Crippen molar-refractivity contribution in [2.75, 3.05) is 0 Å². The fraction of sp³-hybridized carbons (Fsp3) is 0.688. The van der Waals surface area contributed by atoms with Crippen molar-refractivity contribution in [3.63, 3.8) is 0 Å². The molecule has 112 valence electrons. The molecule has 4 N–H and O–H groups in total. The molecular weight excluding hydrogens is 268 g/mol. The van der Waals surface area contributed by atoms with Gasteiger partial charge in [0.15, 0.2) is 0 Å². The zero-order valence-electron chi connectivity index (χ0n) is 12.4. The van der Waals surface area contributed by atoms with Crippen molar-refractivity contribution in [1.29, 1.82) is 0 Å². The summed E-state index contributed by atoms with van der Waals surface area (Å²) in [4.78, 5) is 14.0. The topological polar surface area (TPSA) is 69.1 Å². The average Bonchev–Trinajstić information content (AvgIpc) is 2.87. The second kappa shape index (κ2) is 6.72. The van der Waals surface area contributed by atoms with Gasteiger partial charge in [-0.15, -0.1) is 11.3 Å². The van der Waals surface area contributed by atoms with Gasteiger partial charge in [-0.1, -0.05) is 26.2 Å². The van der Waals surface area contributed by atoms with Gasteiger partial charge >= 0.3 is 0 Å². The molecule has 20 heavy (non-hydrogen) atoms. The monoisotopic (exact) mass is 294 g/mol. The van der Waals surface area contributed by atoms with Gasteiger partial charge in [0.25, 0.3) is 0 Å². The summed E-state index contributed by atoms with van der Waals surface area (Å²) in [7, 11) is 0. The Labute approximate surface area is 125 Å². The number of hydrogen-bond donors (Lipinski definition) is 2. The molecule has 1 aliphatic rings. The number of aryl methyl sites for hydroxylation is 1. The van der Waals surface area contributed by atoms with Crippen LogP contribution in [0.1, 0.15) is 67.7 Å². The maximum atomic E-state index is 11.4. The molecule has 1 saturated carbocycles. The van der Waals surface area contributed by atoms with Crippen molar-refractivity contribution in [2.45, 2.75) is 64.3 Å². The summed E-state index contributed by atoms with van der Waals surface area (Å²) >= 11 is 1.81. The second-order valence-corrected chi connectivity index (χ2v) is 7.37. The van der Waals surface area contributed by atoms with Gasteiger partial charge in [-0.05, 0) is 43.2 Å². The van der Waals surface area contributed by atoms with Gasteiger partial charge in [0.05, 0.1) is 0 Å². The lowest BCUT2D eigenvalue weighted by Crippen LogP contribution is -2.33. The number of carbonyl (C=O) groups is 1. The summed E-state index contributed by atoms with van der Waals surface area (Å²) in [5, 5.41) is 0. The van der Waals surface area contributed by atoms with E-state index in [4.69, 9.17) is 11.5 Å². The molecule has 0 saturated heterocycles. The van der Waals surface area contributed by atoms with E-state index in [9.17, 15) is 4.79 Å². The van der Waals surface area contributed by atoms with Crippen LogP contribution in [0, 0.1) is 5.41 Å². The highest BCUT2D eigenvalue weighted by atomic mass is 32.1. The van der Waals surface area contributed by atoms with Crippen molar-refractivity contribution >= 4 is 17.2 Å². The standard InChI is InChI=1S/C16H26N2OS/c1-2-12-6-7-14(20-12)13(17)10-16(11-15(18)19)8-4-3-5-9-16/h6-7,13H,2-5,8-11,17H2,1H3,(H2,18,19). The smallest absolute Gasteiger partial charge is 0.217 e. The lowest BCUT2D eigenvalue weighted by atomic mass is 9.68. The molecule has 0 radical (unpaired) electrons. The minimum Gasteiger partial charge on any atom is -0.370 e. The number of rotatable bonds is 6. The molecule has 1 fully saturated rings. The summed E-state index contributed by atoms with van der Waals surface area (Å²) in [6.07, 6.45) is 8.30. The zero-order chi connectivity index (χ0) is 14.6. The molecular formula is C16H26N2OS. The summed E-state index contributed by atoms with van der Waals surface area (Å²) < 4.78 is 0. The second-order valence-electron chi connectivity index (χ2n) is 6.17. The van der Waals surface area contributed by atoms with Gasteiger partial charge in [-0.3, -0.25) is 4.79 Å². The lowest BCUT2D eigenvalue weighted by molar-refractivity contribution is -0.121. The SMILES string of the molecule is CCc1ccc(C(N)CC2(CC(N)=O)CCCCC2)s1. The van der Waals surface area contributed by atoms with Crippen molar-refractivity contribution in [3.8, 4) is 0 Å². The first kappa shape index (κ1) is 15.5. The Morgan fingerprint density at radius 1 is 1.35 bits per heavy atom. The van der Waals surface area contributed by atoms with Gasteiger partial charge in [0.2, 0.25) is 5.91 Å². The van der Waals surface area contributed by atoms with Crippen molar-refractivity contribution in [2.24, 2.45) is 16.9 Å². The molecule has 1 atom stereocenters. The van der Waals surface area contributed by atoms with E-state index < -0.39 is 0 Å². The van der Waals surface area contributed by atoms with E-state index in [2.05, 4.69) is 19.1 Å². The van der Waals surface area contributed by atoms with Crippen LogP contribution >= 0.6 is 11.3 Å². The van der Waals surface area contributed by atoms with Crippen LogP contribution in [0.3, 0.4) is 0 Å². The predicted molar refractivity (Wildman–Crippen MR) is 84.6 cm³/mol. The zero-order valence-corrected chi connectivity index (χ0v) is 13.2. The fourth-order valence-corrected chi connectivity index (χ4v) is 4.43. The molecule has 3 nitrogen and oxygen atoms in total. The highest BCUT2D eigenvalue weighted by Gasteiger charge is 2.35. The predicted octanol–water partition coefficient (Wildman–Crippen LogP) is 3.53. The molecule has 1 aromatic heterocycles. The normalized spacial score (nSPS) is 19.7. The number of hydrogen-bond acceptors (Lipinski definition) is 3. The molecule has 0 spiro atoms. The summed E-state index contributed by atoms with van der Waals surface area (Å²) in [6.45, 7) is 2.16. The molecule has 1 heterocycles. The highest BCUT2D eigenvalue weighted by Crippen LogP contribution is 2.45. The van der Waals surface area contributed by atoms with Gasteiger partial charge in [0.1, 0.15) is 0 Å². The van der Waals surface area contributed by atoms with E-state index >= 15 is 0 Å². The Kier molecular flexibility index (Phi) is 5.22. The third-order valence-corrected chi connectivity index (χ3v) is 5.87. The molecule has 0 aromatic carbocycles. The van der Waals surface area contributed by atoms with Gasteiger partial charge in [-0.2, -0.15) is 0 Å². The Bertz CT molecular complexity index is 449. The van der Waals surface area contributed by atoms with E-state index in [0.29, 0.717) is 6.42 Å². The van der Waals surface area contributed by atoms with Crippen molar-refractivity contribution in [1.82, 2.24) is 0 Å². The van der Waals surface area contributed by atoms with Crippen LogP contribution in [0.4, 0.5) is 0 Å². The molecule has 4 heteroatoms. The highest BCUT2D eigenvalue weighted by molar-refractivity contribution is 7.12. The van der Waals surface area contributed by atoms with Crippen LogP contribution in [0.25, 0.3) is 0 Å². The van der Waals surface area contributed by atoms with E-state index in [0.717, 1.165) is 25.7 Å². The molecule has 1 unspecified atom stereocenters. The summed E-state index contributed by atoms with van der Waals surface area (Å²) in [5.74, 6) is -0.181. The first-order chi connectivity index (χ1) is 9.54. The van der Waals surface area contributed by atoms with Gasteiger partial charge in [-0.25, -0.2) is 0 Å². The Balaban J connectivity index is 2.08. The van der Waals surface area contributed by atoms with Crippen LogP contribution in [0.5, 0.6) is 0 Å². The Hall–Kier alpha value is -0.870. The molecule has 1 aromatic rings. The van der Waals surface area contributed by atoms with Crippen molar-refractivity contribution in [3.05, 3.63) is 21.9 Å². The fourth-order valence-electron chi connectivity index (χ4n) is 3.48. The Morgan fingerprint density at radius 2 is 2.05 bits per heavy atom. The van der Waals surface area contributed by atoms with Crippen LogP contribution in [-0.4, -0.2) is 5.91 Å². The van der Waals surface area contributed by atoms with E-state index in [1.807, 2.05) is 0 Å².